The van der Waals surface area contributed by atoms with Crippen LogP contribution in [0.15, 0.2) is 45.4 Å². The summed E-state index contributed by atoms with van der Waals surface area (Å²) < 4.78 is 49.5. The highest BCUT2D eigenvalue weighted by molar-refractivity contribution is 6.01. The molecule has 0 amide bonds. The second-order valence-electron chi connectivity index (χ2n) is 7.27. The first kappa shape index (κ1) is 23.0. The van der Waals surface area contributed by atoms with E-state index in [-0.39, 0.29) is 47.7 Å². The number of aromatic carboxylic acids is 1. The summed E-state index contributed by atoms with van der Waals surface area (Å²) in [5.74, 6) is -4.21. The molecule has 2 heterocycles. The van der Waals surface area contributed by atoms with Gasteiger partial charge >= 0.3 is 0 Å². The molecule has 0 saturated carbocycles. The molecular formula is C24H18F2NO7-. The third-order valence-electron chi connectivity index (χ3n) is 5.02. The Morgan fingerprint density at radius 2 is 1.85 bits per heavy atom. The number of furan rings is 1. The van der Waals surface area contributed by atoms with Crippen molar-refractivity contribution < 1.29 is 41.8 Å². The monoisotopic (exact) mass is 470 g/mol. The van der Waals surface area contributed by atoms with Crippen molar-refractivity contribution in [2.24, 2.45) is 0 Å². The van der Waals surface area contributed by atoms with Crippen molar-refractivity contribution in [1.82, 2.24) is 4.98 Å². The predicted molar refractivity (Wildman–Crippen MR) is 113 cm³/mol. The Kier molecular flexibility index (Phi) is 6.31. The van der Waals surface area contributed by atoms with Gasteiger partial charge in [0.25, 0.3) is 5.89 Å². The summed E-state index contributed by atoms with van der Waals surface area (Å²) >= 11 is 0. The lowest BCUT2D eigenvalue weighted by atomic mass is 10.1. The van der Waals surface area contributed by atoms with E-state index in [0.29, 0.717) is 23.0 Å². The van der Waals surface area contributed by atoms with Gasteiger partial charge in [0.2, 0.25) is 5.82 Å². The van der Waals surface area contributed by atoms with Gasteiger partial charge in [-0.1, -0.05) is 13.0 Å². The number of carboxylic acid groups (broad SMARTS) is 1. The van der Waals surface area contributed by atoms with Crippen LogP contribution in [0, 0.1) is 11.6 Å². The van der Waals surface area contributed by atoms with Crippen LogP contribution < -0.4 is 14.6 Å². The molecule has 0 aliphatic carbocycles. The maximum absolute atomic E-state index is 14.1. The Hall–Kier alpha value is -4.21. The van der Waals surface area contributed by atoms with Gasteiger partial charge in [0.1, 0.15) is 30.5 Å². The van der Waals surface area contributed by atoms with Crippen molar-refractivity contribution >= 4 is 22.7 Å². The molecule has 0 atom stereocenters. The number of hydrogen-bond donors (Lipinski definition) is 0. The maximum atomic E-state index is 14.1. The number of aryl methyl sites for hydroxylation is 1. The average Bonchev–Trinajstić information content (AvgIpc) is 3.45. The molecule has 0 radical (unpaired) electrons. The highest BCUT2D eigenvalue weighted by Crippen LogP contribution is 2.33. The topological polar surface area (TPSA) is 115 Å². The van der Waals surface area contributed by atoms with E-state index < -0.39 is 23.4 Å². The van der Waals surface area contributed by atoms with Crippen molar-refractivity contribution in [3.63, 3.8) is 0 Å². The van der Waals surface area contributed by atoms with Crippen molar-refractivity contribution in [3.8, 4) is 23.1 Å². The van der Waals surface area contributed by atoms with Crippen molar-refractivity contribution in [2.45, 2.75) is 20.3 Å². The third kappa shape index (κ3) is 4.47. The number of rotatable bonds is 9. The molecule has 34 heavy (non-hydrogen) atoms. The van der Waals surface area contributed by atoms with E-state index in [1.54, 1.807) is 19.1 Å². The second kappa shape index (κ2) is 9.34. The fraction of sp³-hybridized carbons (Fsp3) is 0.208. The molecule has 10 heteroatoms. The number of aromatic nitrogens is 1. The number of fused-ring (bicyclic) bond motifs is 1. The van der Waals surface area contributed by atoms with Crippen LogP contribution in [0.3, 0.4) is 0 Å². The molecule has 0 fully saturated rings. The summed E-state index contributed by atoms with van der Waals surface area (Å²) in [6.07, 6.45) is 1.45. The summed E-state index contributed by atoms with van der Waals surface area (Å²) in [7, 11) is 0. The highest BCUT2D eigenvalue weighted by atomic mass is 19.2. The Labute approximate surface area is 191 Å². The molecule has 0 bridgehead atoms. The van der Waals surface area contributed by atoms with Gasteiger partial charge in [-0.2, -0.15) is 4.39 Å². The van der Waals surface area contributed by atoms with Gasteiger partial charge in [-0.3, -0.25) is 4.79 Å². The summed E-state index contributed by atoms with van der Waals surface area (Å²) in [5, 5.41) is 11.4. The average molecular weight is 470 g/mol. The molecule has 2 aromatic heterocycles. The number of Topliss-reactive ketones (excluding diaryl/α,β-unsaturated/α-hetero) is 1. The van der Waals surface area contributed by atoms with Crippen LogP contribution in [0.2, 0.25) is 0 Å². The minimum absolute atomic E-state index is 0.0513. The maximum Gasteiger partial charge on any atom is 0.263 e. The summed E-state index contributed by atoms with van der Waals surface area (Å²) in [4.78, 5) is 26.9. The molecule has 0 spiro atoms. The Balaban J connectivity index is 1.54. The number of ether oxygens (including phenoxy) is 2. The van der Waals surface area contributed by atoms with Crippen molar-refractivity contribution in [2.75, 3.05) is 13.2 Å². The van der Waals surface area contributed by atoms with Crippen LogP contribution in [0.5, 0.6) is 11.5 Å². The number of oxazole rings is 1. The predicted octanol–water partition coefficient (Wildman–Crippen LogP) is 3.95. The van der Waals surface area contributed by atoms with E-state index in [9.17, 15) is 23.5 Å². The van der Waals surface area contributed by atoms with Crippen LogP contribution in [0.4, 0.5) is 8.78 Å². The van der Waals surface area contributed by atoms with Gasteiger partial charge in [-0.15, -0.1) is 0 Å². The Morgan fingerprint density at radius 3 is 2.53 bits per heavy atom. The molecule has 0 unspecified atom stereocenters. The number of carboxylic acids is 1. The van der Waals surface area contributed by atoms with E-state index in [1.165, 1.54) is 19.1 Å². The zero-order chi connectivity index (χ0) is 24.4. The highest BCUT2D eigenvalue weighted by Gasteiger charge is 2.18. The number of carbonyl (C=O) groups is 2. The minimum Gasteiger partial charge on any atom is -0.541 e. The molecule has 4 rings (SSSR count). The Morgan fingerprint density at radius 1 is 1.09 bits per heavy atom. The smallest absolute Gasteiger partial charge is 0.263 e. The number of benzene rings is 2. The second-order valence-corrected chi connectivity index (χ2v) is 7.27. The molecule has 2 aromatic carbocycles. The molecular weight excluding hydrogens is 452 g/mol. The largest absolute Gasteiger partial charge is 0.541 e. The van der Waals surface area contributed by atoms with E-state index in [4.69, 9.17) is 18.3 Å². The van der Waals surface area contributed by atoms with Crippen LogP contribution in [-0.4, -0.2) is 30.0 Å². The van der Waals surface area contributed by atoms with Gasteiger partial charge in [0.15, 0.2) is 28.9 Å². The molecule has 0 saturated heterocycles. The van der Waals surface area contributed by atoms with Gasteiger partial charge < -0.3 is 28.2 Å². The number of nitrogens with zero attached hydrogens (tertiary/aromatic N) is 1. The number of ketones is 1. The number of hydrogen-bond acceptors (Lipinski definition) is 8. The Bertz CT molecular complexity index is 1390. The van der Waals surface area contributed by atoms with Gasteiger partial charge in [0, 0.05) is 5.39 Å². The summed E-state index contributed by atoms with van der Waals surface area (Å²) in [5.41, 5.74) is 1.07. The van der Waals surface area contributed by atoms with Gasteiger partial charge in [0.05, 0.1) is 11.8 Å². The minimum atomic E-state index is -1.52. The molecule has 8 nitrogen and oxygen atoms in total. The van der Waals surface area contributed by atoms with Crippen molar-refractivity contribution in [3.05, 3.63) is 65.1 Å². The summed E-state index contributed by atoms with van der Waals surface area (Å²) in [6, 6.07) is 7.08. The molecule has 176 valence electrons. The number of carbonyl (C=O) groups excluding carboxylic acids is 2. The first-order valence-corrected chi connectivity index (χ1v) is 10.3. The van der Waals surface area contributed by atoms with Crippen LogP contribution in [-0.2, 0) is 6.42 Å². The summed E-state index contributed by atoms with van der Waals surface area (Å²) in [6.45, 7) is 3.00. The number of halogens is 2. The van der Waals surface area contributed by atoms with Crippen molar-refractivity contribution in [1.29, 1.82) is 0 Å². The normalized spacial score (nSPS) is 11.1. The quantitative estimate of drug-likeness (QED) is 0.267. The molecule has 0 aliphatic rings. The van der Waals surface area contributed by atoms with Crippen LogP contribution in [0.1, 0.15) is 40.3 Å². The van der Waals surface area contributed by atoms with Gasteiger partial charge in [-0.25, -0.2) is 9.37 Å². The third-order valence-corrected chi connectivity index (χ3v) is 5.02. The van der Waals surface area contributed by atoms with E-state index in [0.717, 1.165) is 12.3 Å². The van der Waals surface area contributed by atoms with E-state index in [2.05, 4.69) is 4.98 Å². The fourth-order valence-electron chi connectivity index (χ4n) is 3.35. The standard InChI is InChI=1S/C24H19F2NO7/c1-3-13-4-5-16(25)21(26)22(13)32-7-6-31-18-8-14-9-19(23-27-11-20(34-23)24(29)30)33-17(14)10-15(18)12(2)28/h4-5,8-11H,3,6-7H2,1-2H3,(H,29,30)/p-1. The van der Waals surface area contributed by atoms with Crippen LogP contribution >= 0.6 is 0 Å². The first-order valence-electron chi connectivity index (χ1n) is 10.3. The van der Waals surface area contributed by atoms with Crippen LogP contribution in [0.25, 0.3) is 22.6 Å². The fourth-order valence-corrected chi connectivity index (χ4v) is 3.35. The molecule has 4 aromatic rings. The first-order chi connectivity index (χ1) is 16.3. The lowest BCUT2D eigenvalue weighted by Crippen LogP contribution is -2.21. The van der Waals surface area contributed by atoms with E-state index in [1.807, 2.05) is 0 Å². The lowest BCUT2D eigenvalue weighted by molar-refractivity contribution is -0.257. The lowest BCUT2D eigenvalue weighted by Gasteiger charge is -2.13. The zero-order valence-electron chi connectivity index (χ0n) is 18.1. The molecule has 0 aliphatic heterocycles. The molecule has 0 N–H and O–H groups in total. The zero-order valence-corrected chi connectivity index (χ0v) is 18.1. The SMILES string of the molecule is CCc1ccc(F)c(F)c1OCCOc1cc2cc(-c3ncc(C(=O)[O-])o3)oc2cc1C(C)=O. The van der Waals surface area contributed by atoms with E-state index >= 15 is 0 Å². The van der Waals surface area contributed by atoms with Gasteiger partial charge in [-0.05, 0) is 43.2 Å².